The monoisotopic (exact) mass is 269 g/mol. The van der Waals surface area contributed by atoms with Crippen molar-refractivity contribution in [2.75, 3.05) is 26.7 Å². The van der Waals surface area contributed by atoms with Crippen LogP contribution in [0.1, 0.15) is 10.4 Å². The van der Waals surface area contributed by atoms with Gasteiger partial charge >= 0.3 is 0 Å². The Bertz CT molecular complexity index is 420. The summed E-state index contributed by atoms with van der Waals surface area (Å²) in [7, 11) is 1.76. The molecule has 0 fully saturated rings. The third-order valence-electron chi connectivity index (χ3n) is 2.28. The second-order valence-electron chi connectivity index (χ2n) is 3.91. The normalized spacial score (nSPS) is 10.4. The van der Waals surface area contributed by atoms with Crippen LogP contribution in [0.5, 0.6) is 0 Å². The minimum absolute atomic E-state index is 0.135. The lowest BCUT2D eigenvalue weighted by Gasteiger charge is -2.14. The van der Waals surface area contributed by atoms with Gasteiger partial charge in [-0.2, -0.15) is 0 Å². The van der Waals surface area contributed by atoms with Crippen molar-refractivity contribution in [2.24, 2.45) is 5.73 Å². The maximum atomic E-state index is 11.7. The Balaban J connectivity index is 2.49. The van der Waals surface area contributed by atoms with Crippen molar-refractivity contribution in [1.29, 1.82) is 0 Å². The summed E-state index contributed by atoms with van der Waals surface area (Å²) >= 11 is 5.71. The molecule has 98 valence electrons. The first-order valence-corrected chi connectivity index (χ1v) is 5.89. The van der Waals surface area contributed by atoms with Gasteiger partial charge in [0.05, 0.1) is 6.54 Å². The van der Waals surface area contributed by atoms with E-state index in [1.165, 1.54) is 0 Å². The molecule has 1 rings (SSSR count). The lowest BCUT2D eigenvalue weighted by molar-refractivity contribution is -0.120. The van der Waals surface area contributed by atoms with Gasteiger partial charge in [-0.1, -0.05) is 11.6 Å². The molecule has 0 aliphatic carbocycles. The van der Waals surface area contributed by atoms with E-state index in [1.54, 1.807) is 36.2 Å². The summed E-state index contributed by atoms with van der Waals surface area (Å²) in [6, 6.07) is 6.33. The van der Waals surface area contributed by atoms with Crippen molar-refractivity contribution in [3.8, 4) is 0 Å². The smallest absolute Gasteiger partial charge is 0.257 e. The first-order valence-electron chi connectivity index (χ1n) is 5.51. The molecule has 5 nitrogen and oxygen atoms in total. The number of rotatable bonds is 5. The van der Waals surface area contributed by atoms with E-state index in [0.717, 1.165) is 0 Å². The van der Waals surface area contributed by atoms with Gasteiger partial charge in [0.25, 0.3) is 5.91 Å². The van der Waals surface area contributed by atoms with Gasteiger partial charge in [0.2, 0.25) is 5.91 Å². The van der Waals surface area contributed by atoms with Gasteiger partial charge < -0.3 is 5.73 Å². The zero-order chi connectivity index (χ0) is 13.5. The number of likely N-dealkylation sites (N-methyl/N-ethyl adjacent to an activating group) is 1. The quantitative estimate of drug-likeness (QED) is 0.816. The highest BCUT2D eigenvalue weighted by Gasteiger charge is 2.11. The largest absolute Gasteiger partial charge is 0.329 e. The average molecular weight is 270 g/mol. The molecule has 0 spiro atoms. The predicted molar refractivity (Wildman–Crippen MR) is 70.5 cm³/mol. The second kappa shape index (κ2) is 7.10. The fourth-order valence-corrected chi connectivity index (χ4v) is 1.51. The molecule has 1 aromatic rings. The summed E-state index contributed by atoms with van der Waals surface area (Å²) in [5, 5.41) is 2.84. The number of carbonyl (C=O) groups excluding carboxylic acids is 2. The van der Waals surface area contributed by atoms with Crippen LogP contribution < -0.4 is 11.1 Å². The zero-order valence-electron chi connectivity index (χ0n) is 10.1. The molecular weight excluding hydrogens is 254 g/mol. The number of hydrogen-bond donors (Lipinski definition) is 2. The molecular formula is C12H16ClN3O2. The summed E-state index contributed by atoms with van der Waals surface area (Å²) in [6.45, 7) is 1.20. The fraction of sp³-hybridized carbons (Fsp3) is 0.333. The summed E-state index contributed by atoms with van der Waals surface area (Å²) < 4.78 is 0. The number of nitrogens with one attached hydrogen (secondary N) is 1. The molecule has 0 heterocycles. The molecule has 0 unspecified atom stereocenters. The number of halogens is 1. The van der Waals surface area contributed by atoms with Crippen LogP contribution in [0.4, 0.5) is 0 Å². The minimum atomic E-state index is -0.433. The van der Waals surface area contributed by atoms with E-state index < -0.39 is 5.91 Å². The SMILES string of the molecule is CN(CCN)CC(=O)NC(=O)c1ccc(Cl)cc1. The Morgan fingerprint density at radius 2 is 1.94 bits per heavy atom. The summed E-state index contributed by atoms with van der Waals surface area (Å²) in [4.78, 5) is 25.0. The number of benzene rings is 1. The highest BCUT2D eigenvalue weighted by Crippen LogP contribution is 2.09. The van der Waals surface area contributed by atoms with Crippen molar-refractivity contribution in [1.82, 2.24) is 10.2 Å². The van der Waals surface area contributed by atoms with Crippen LogP contribution in [0.15, 0.2) is 24.3 Å². The minimum Gasteiger partial charge on any atom is -0.329 e. The molecule has 1 aromatic carbocycles. The Labute approximate surface area is 111 Å². The van der Waals surface area contributed by atoms with Crippen LogP contribution in [0.2, 0.25) is 5.02 Å². The van der Waals surface area contributed by atoms with Crippen LogP contribution in [0, 0.1) is 0 Å². The first-order chi connectivity index (χ1) is 8.52. The lowest BCUT2D eigenvalue weighted by atomic mass is 10.2. The predicted octanol–water partition coefficient (Wildman–Crippen LogP) is 0.487. The fourth-order valence-electron chi connectivity index (χ4n) is 1.38. The molecule has 2 amide bonds. The van der Waals surface area contributed by atoms with E-state index in [2.05, 4.69) is 5.32 Å². The van der Waals surface area contributed by atoms with Gasteiger partial charge in [-0.3, -0.25) is 19.8 Å². The number of imide groups is 1. The van der Waals surface area contributed by atoms with Crippen molar-refractivity contribution >= 4 is 23.4 Å². The Morgan fingerprint density at radius 1 is 1.33 bits per heavy atom. The van der Waals surface area contributed by atoms with Gasteiger partial charge in [-0.25, -0.2) is 0 Å². The number of nitrogens with two attached hydrogens (primary N) is 1. The van der Waals surface area contributed by atoms with Gasteiger partial charge in [0.15, 0.2) is 0 Å². The molecule has 0 saturated carbocycles. The lowest BCUT2D eigenvalue weighted by Crippen LogP contribution is -2.40. The van der Waals surface area contributed by atoms with Gasteiger partial charge in [0, 0.05) is 23.7 Å². The van der Waals surface area contributed by atoms with Gasteiger partial charge in [0.1, 0.15) is 0 Å². The van der Waals surface area contributed by atoms with Crippen molar-refractivity contribution in [2.45, 2.75) is 0 Å². The topological polar surface area (TPSA) is 75.4 Å². The van der Waals surface area contributed by atoms with Gasteiger partial charge in [-0.05, 0) is 31.3 Å². The number of nitrogens with zero attached hydrogens (tertiary/aromatic N) is 1. The Hall–Kier alpha value is -1.43. The number of carbonyl (C=O) groups is 2. The van der Waals surface area contributed by atoms with Crippen molar-refractivity contribution < 1.29 is 9.59 Å². The highest BCUT2D eigenvalue weighted by molar-refractivity contribution is 6.30. The van der Waals surface area contributed by atoms with Crippen molar-refractivity contribution in [3.63, 3.8) is 0 Å². The molecule has 6 heteroatoms. The Kier molecular flexibility index (Phi) is 5.77. The molecule has 0 aromatic heterocycles. The molecule has 0 atom stereocenters. The van der Waals surface area contributed by atoms with Crippen molar-refractivity contribution in [3.05, 3.63) is 34.9 Å². The molecule has 0 bridgehead atoms. The molecule has 18 heavy (non-hydrogen) atoms. The van der Waals surface area contributed by atoms with Crippen LogP contribution in [0.3, 0.4) is 0 Å². The molecule has 0 aliphatic rings. The van der Waals surface area contributed by atoms with Gasteiger partial charge in [-0.15, -0.1) is 0 Å². The van der Waals surface area contributed by atoms with E-state index in [9.17, 15) is 9.59 Å². The molecule has 3 N–H and O–H groups in total. The summed E-state index contributed by atoms with van der Waals surface area (Å²) in [5.74, 6) is -0.788. The van der Waals surface area contributed by atoms with Crippen LogP contribution in [0.25, 0.3) is 0 Å². The summed E-state index contributed by atoms with van der Waals surface area (Å²) in [5.41, 5.74) is 5.76. The van der Waals surface area contributed by atoms with E-state index in [4.69, 9.17) is 17.3 Å². The molecule has 0 radical (unpaired) electrons. The third-order valence-corrected chi connectivity index (χ3v) is 2.54. The second-order valence-corrected chi connectivity index (χ2v) is 4.35. The van der Waals surface area contributed by atoms with Crippen LogP contribution in [-0.2, 0) is 4.79 Å². The van der Waals surface area contributed by atoms with E-state index in [1.807, 2.05) is 0 Å². The maximum absolute atomic E-state index is 11.7. The Morgan fingerprint density at radius 3 is 2.50 bits per heavy atom. The number of hydrogen-bond acceptors (Lipinski definition) is 4. The number of amides is 2. The van der Waals surface area contributed by atoms with E-state index in [0.29, 0.717) is 23.7 Å². The highest BCUT2D eigenvalue weighted by atomic mass is 35.5. The summed E-state index contributed by atoms with van der Waals surface area (Å²) in [6.07, 6.45) is 0. The zero-order valence-corrected chi connectivity index (χ0v) is 10.9. The standard InChI is InChI=1S/C12H16ClN3O2/c1-16(7-6-14)8-11(17)15-12(18)9-2-4-10(13)5-3-9/h2-5H,6-8,14H2,1H3,(H,15,17,18). The van der Waals surface area contributed by atoms with E-state index in [-0.39, 0.29) is 12.5 Å². The third kappa shape index (κ3) is 4.83. The van der Waals surface area contributed by atoms with Crippen LogP contribution in [-0.4, -0.2) is 43.4 Å². The molecule has 0 saturated heterocycles. The first kappa shape index (κ1) is 14.6. The van der Waals surface area contributed by atoms with E-state index >= 15 is 0 Å². The molecule has 0 aliphatic heterocycles. The average Bonchev–Trinajstić information content (AvgIpc) is 2.29. The maximum Gasteiger partial charge on any atom is 0.257 e. The van der Waals surface area contributed by atoms with Crippen LogP contribution >= 0.6 is 11.6 Å².